The largest absolute Gasteiger partial charge is 0.497 e. The van der Waals surface area contributed by atoms with Crippen molar-refractivity contribution in [2.75, 3.05) is 45.9 Å². The van der Waals surface area contributed by atoms with Crippen LogP contribution in [-0.2, 0) is 5.41 Å². The fraction of sp³-hybridized carbons (Fsp3) is 0.217. The molecule has 58 heavy (non-hydrogen) atoms. The van der Waals surface area contributed by atoms with Crippen LogP contribution in [0.3, 0.4) is 0 Å². The minimum Gasteiger partial charge on any atom is -0.497 e. The van der Waals surface area contributed by atoms with Crippen molar-refractivity contribution >= 4 is 34.1 Å². The molecule has 0 aliphatic carbocycles. The monoisotopic (exact) mass is 778 g/mol. The van der Waals surface area contributed by atoms with Crippen molar-refractivity contribution in [3.05, 3.63) is 171 Å². The number of nitro benzene ring substituents is 1. The van der Waals surface area contributed by atoms with Gasteiger partial charge in [-0.3, -0.25) is 10.1 Å². The van der Waals surface area contributed by atoms with Crippen LogP contribution >= 0.6 is 0 Å². The highest BCUT2D eigenvalue weighted by atomic mass is 16.6. The number of azo groups is 2. The molecule has 0 saturated carbocycles. The van der Waals surface area contributed by atoms with Gasteiger partial charge in [0, 0.05) is 36.3 Å². The third-order valence-corrected chi connectivity index (χ3v) is 10.1. The molecule has 0 saturated heterocycles. The minimum atomic E-state index is -0.547. The molecule has 0 heterocycles. The average Bonchev–Trinajstić information content (AvgIpc) is 3.26. The number of hydrogen-bond acceptors (Lipinski definition) is 11. The van der Waals surface area contributed by atoms with Gasteiger partial charge in [0.2, 0.25) is 0 Å². The molecule has 1 N–H and O–H groups in total. The van der Waals surface area contributed by atoms with Crippen molar-refractivity contribution in [2.45, 2.75) is 25.7 Å². The highest BCUT2D eigenvalue weighted by Crippen LogP contribution is 2.44. The Labute approximate surface area is 338 Å². The summed E-state index contributed by atoms with van der Waals surface area (Å²) in [6, 6.07) is 42.9. The fourth-order valence-electron chi connectivity index (χ4n) is 7.03. The molecule has 0 unspecified atom stereocenters. The third-order valence-electron chi connectivity index (χ3n) is 10.1. The molecule has 0 bridgehead atoms. The van der Waals surface area contributed by atoms with E-state index in [1.165, 1.54) is 13.2 Å². The first kappa shape index (κ1) is 40.7. The Morgan fingerprint density at radius 3 is 1.79 bits per heavy atom. The number of rotatable bonds is 17. The molecular weight excluding hydrogens is 733 g/mol. The molecule has 0 aromatic heterocycles. The molecule has 0 radical (unpaired) electrons. The molecule has 0 atom stereocenters. The molecule has 12 heteroatoms. The Morgan fingerprint density at radius 2 is 1.22 bits per heavy atom. The smallest absolute Gasteiger partial charge is 0.296 e. The lowest BCUT2D eigenvalue weighted by atomic mass is 9.67. The van der Waals surface area contributed by atoms with Gasteiger partial charge in [0.15, 0.2) is 5.69 Å². The van der Waals surface area contributed by atoms with Crippen LogP contribution in [0.25, 0.3) is 0 Å². The first-order valence-corrected chi connectivity index (χ1v) is 18.8. The lowest BCUT2D eigenvalue weighted by molar-refractivity contribution is -0.384. The highest BCUT2D eigenvalue weighted by molar-refractivity contribution is 5.64. The zero-order valence-corrected chi connectivity index (χ0v) is 33.2. The second-order valence-corrected chi connectivity index (χ2v) is 13.7. The quantitative estimate of drug-likeness (QED) is 0.0420. The topological polar surface area (TPSA) is 144 Å². The Balaban J connectivity index is 1.26. The summed E-state index contributed by atoms with van der Waals surface area (Å²) in [5.41, 5.74) is 6.87. The Bertz CT molecular complexity index is 2320. The van der Waals surface area contributed by atoms with Crippen molar-refractivity contribution in [1.82, 2.24) is 0 Å². The zero-order chi connectivity index (χ0) is 41.1. The maximum Gasteiger partial charge on any atom is 0.296 e. The number of nitrogens with zero attached hydrogens (tertiary/aromatic N) is 6. The predicted molar refractivity (Wildman–Crippen MR) is 227 cm³/mol. The summed E-state index contributed by atoms with van der Waals surface area (Å²) in [5, 5.41) is 39.2. The first-order valence-electron chi connectivity index (χ1n) is 18.8. The summed E-state index contributed by atoms with van der Waals surface area (Å²) in [7, 11) is 4.86. The Morgan fingerprint density at radius 1 is 0.638 bits per heavy atom. The summed E-state index contributed by atoms with van der Waals surface area (Å²) < 4.78 is 16.6. The molecule has 0 aliphatic rings. The second-order valence-electron chi connectivity index (χ2n) is 13.7. The van der Waals surface area contributed by atoms with E-state index in [9.17, 15) is 15.2 Å². The van der Waals surface area contributed by atoms with Gasteiger partial charge in [0.05, 0.1) is 44.2 Å². The molecular formula is C46H46N6O6. The molecule has 0 amide bonds. The van der Waals surface area contributed by atoms with Crippen LogP contribution in [-0.4, -0.2) is 51.1 Å². The molecule has 0 fully saturated rings. The number of aliphatic hydroxyl groups is 1. The van der Waals surface area contributed by atoms with Gasteiger partial charge in [-0.25, -0.2) is 0 Å². The summed E-state index contributed by atoms with van der Waals surface area (Å²) in [6.07, 6.45) is 0.688. The lowest BCUT2D eigenvalue weighted by Gasteiger charge is -2.38. The third kappa shape index (κ3) is 9.20. The zero-order valence-electron chi connectivity index (χ0n) is 33.2. The summed E-state index contributed by atoms with van der Waals surface area (Å²) in [4.78, 5) is 13.3. The normalized spacial score (nSPS) is 11.6. The van der Waals surface area contributed by atoms with Crippen LogP contribution in [0, 0.1) is 24.0 Å². The van der Waals surface area contributed by atoms with Gasteiger partial charge < -0.3 is 24.2 Å². The van der Waals surface area contributed by atoms with E-state index in [0.29, 0.717) is 42.3 Å². The van der Waals surface area contributed by atoms with Crippen LogP contribution in [0.4, 0.5) is 34.1 Å². The molecule has 6 aromatic rings. The van der Waals surface area contributed by atoms with Gasteiger partial charge >= 0.3 is 0 Å². The van der Waals surface area contributed by atoms with E-state index >= 15 is 0 Å². The van der Waals surface area contributed by atoms with Crippen LogP contribution in [0.15, 0.2) is 154 Å². The van der Waals surface area contributed by atoms with Crippen LogP contribution in [0.2, 0.25) is 0 Å². The van der Waals surface area contributed by atoms with Gasteiger partial charge in [-0.2, -0.15) is 5.11 Å². The van der Waals surface area contributed by atoms with Crippen LogP contribution in [0.5, 0.6) is 17.2 Å². The summed E-state index contributed by atoms with van der Waals surface area (Å²) >= 11 is 0. The first-order chi connectivity index (χ1) is 28.2. The summed E-state index contributed by atoms with van der Waals surface area (Å²) in [6.45, 7) is 4.64. The number of nitro groups is 1. The minimum absolute atomic E-state index is 0.0263. The number of methoxy groups -OCH3 is 3. The van der Waals surface area contributed by atoms with Crippen molar-refractivity contribution in [3.8, 4) is 17.2 Å². The molecule has 6 aromatic carbocycles. The predicted octanol–water partition coefficient (Wildman–Crippen LogP) is 11.3. The molecule has 0 aliphatic heterocycles. The Hall–Kier alpha value is -6.92. The lowest BCUT2D eigenvalue weighted by Crippen LogP contribution is -2.36. The molecule has 6 rings (SSSR count). The summed E-state index contributed by atoms with van der Waals surface area (Å²) in [5.74, 6) is 1.98. The average molecular weight is 779 g/mol. The maximum atomic E-state index is 11.6. The fourth-order valence-corrected chi connectivity index (χ4v) is 7.03. The maximum absolute atomic E-state index is 11.6. The number of aliphatic hydroxyl groups excluding tert-OH is 1. The van der Waals surface area contributed by atoms with Gasteiger partial charge in [-0.15, -0.1) is 15.3 Å². The molecule has 0 spiro atoms. The van der Waals surface area contributed by atoms with E-state index in [-0.39, 0.29) is 18.0 Å². The second kappa shape index (κ2) is 18.8. The van der Waals surface area contributed by atoms with Crippen LogP contribution in [0.1, 0.15) is 34.2 Å². The number of ether oxygens (including phenoxy) is 3. The van der Waals surface area contributed by atoms with Gasteiger partial charge in [-0.05, 0) is 109 Å². The van der Waals surface area contributed by atoms with E-state index in [4.69, 9.17) is 14.2 Å². The van der Waals surface area contributed by atoms with Crippen LogP contribution < -0.4 is 19.1 Å². The van der Waals surface area contributed by atoms with E-state index < -0.39 is 10.3 Å². The standard InChI is InChI=1S/C46H46N6O6/c1-32-11-24-41(44(29-32)52(54)55)48-49-42-31-45(58-5)43(30-33(42)2)50-47-37-16-18-38(19-17-37)51(27-28-53)26-25-46(34-9-7-6-8-10-34,35-12-20-39(56-3)21-13-35)36-14-22-40(57-4)23-15-36/h6-24,29-31,53H,25-28H2,1-5H3. The Kier molecular flexibility index (Phi) is 13.2. The van der Waals surface area contributed by atoms with Gasteiger partial charge in [0.1, 0.15) is 22.9 Å². The molecule has 12 nitrogen and oxygen atoms in total. The van der Waals surface area contributed by atoms with E-state index in [0.717, 1.165) is 45.0 Å². The number of hydrogen-bond donors (Lipinski definition) is 1. The molecule has 296 valence electrons. The van der Waals surface area contributed by atoms with E-state index in [2.05, 4.69) is 73.9 Å². The van der Waals surface area contributed by atoms with E-state index in [1.54, 1.807) is 45.4 Å². The SMILES string of the molecule is COc1ccc(C(CCN(CCO)c2ccc(N=Nc3cc(C)c(N=Nc4ccc(C)cc4[N+](=O)[O-])cc3OC)cc2)(c2ccccc2)c2ccc(OC)cc2)cc1. The number of aryl methyl sites for hydroxylation is 2. The highest BCUT2D eigenvalue weighted by Gasteiger charge is 2.37. The van der Waals surface area contributed by atoms with E-state index in [1.807, 2.05) is 61.5 Å². The van der Waals surface area contributed by atoms with Crippen molar-refractivity contribution in [2.24, 2.45) is 20.5 Å². The van der Waals surface area contributed by atoms with Crippen molar-refractivity contribution in [3.63, 3.8) is 0 Å². The number of benzene rings is 6. The van der Waals surface area contributed by atoms with Gasteiger partial charge in [-0.1, -0.05) is 60.7 Å². The number of anilines is 1. The van der Waals surface area contributed by atoms with Gasteiger partial charge in [0.25, 0.3) is 5.69 Å². The van der Waals surface area contributed by atoms with Crippen molar-refractivity contribution < 1.29 is 24.2 Å². The van der Waals surface area contributed by atoms with Crippen molar-refractivity contribution in [1.29, 1.82) is 0 Å².